The van der Waals surface area contributed by atoms with Crippen LogP contribution in [0.1, 0.15) is 134 Å². The first-order valence-corrected chi connectivity index (χ1v) is 14.5. The minimum absolute atomic E-state index is 0.756. The molecular formula is C34H40N+. The molecule has 0 atom stereocenters. The average Bonchev–Trinajstić information content (AvgIpc) is 3.69. The van der Waals surface area contributed by atoms with E-state index >= 15 is 0 Å². The van der Waals surface area contributed by atoms with E-state index in [9.17, 15) is 0 Å². The maximum absolute atomic E-state index is 2.65. The van der Waals surface area contributed by atoms with E-state index in [1.807, 2.05) is 0 Å². The molecule has 0 saturated heterocycles. The second kappa shape index (κ2) is 8.61. The van der Waals surface area contributed by atoms with Crippen LogP contribution in [0.5, 0.6) is 0 Å². The standard InChI is InChI=1S/C34H40N/c1-22-30(25-13-7-8-14-25)19-28(24-11-5-6-12-24)20-31(22)32-21-29-18-27(23-9-3-4-10-23)17-26-15-16-35(2)34(32)33(26)29/h15-21,23-25H,3-14H2,1-2H3/q+1. The summed E-state index contributed by atoms with van der Waals surface area (Å²) in [6, 6.07) is 12.7. The predicted molar refractivity (Wildman–Crippen MR) is 147 cm³/mol. The van der Waals surface area contributed by atoms with Crippen LogP contribution in [-0.4, -0.2) is 0 Å². The maximum Gasteiger partial charge on any atom is 0.221 e. The molecule has 0 amide bonds. The van der Waals surface area contributed by atoms with Crippen LogP contribution in [0.2, 0.25) is 0 Å². The smallest absolute Gasteiger partial charge is 0.200 e. The first-order valence-electron chi connectivity index (χ1n) is 14.5. The van der Waals surface area contributed by atoms with Crippen LogP contribution in [0.25, 0.3) is 22.4 Å². The highest BCUT2D eigenvalue weighted by Crippen LogP contribution is 2.46. The van der Waals surface area contributed by atoms with E-state index in [4.69, 9.17) is 0 Å². The topological polar surface area (TPSA) is 3.88 Å². The molecule has 3 saturated carbocycles. The van der Waals surface area contributed by atoms with Crippen LogP contribution in [-0.2, 0) is 7.05 Å². The van der Waals surface area contributed by atoms with Crippen LogP contribution in [0.3, 0.4) is 0 Å². The zero-order valence-corrected chi connectivity index (χ0v) is 21.7. The lowest BCUT2D eigenvalue weighted by Crippen LogP contribution is -2.32. The molecule has 0 bridgehead atoms. The first kappa shape index (κ1) is 21.8. The van der Waals surface area contributed by atoms with E-state index in [0.717, 1.165) is 17.8 Å². The molecule has 0 N–H and O–H groups in total. The summed E-state index contributed by atoms with van der Waals surface area (Å²) in [4.78, 5) is 0. The summed E-state index contributed by atoms with van der Waals surface area (Å²) in [6.45, 7) is 2.43. The fraction of sp³-hybridized carbons (Fsp3) is 0.500. The predicted octanol–water partition coefficient (Wildman–Crippen LogP) is 8.85. The number of rotatable bonds is 4. The molecule has 2 aromatic carbocycles. The van der Waals surface area contributed by atoms with E-state index in [0.29, 0.717) is 0 Å². The number of aromatic nitrogens is 1. The molecule has 1 nitrogen and oxygen atoms in total. The second-order valence-corrected chi connectivity index (χ2v) is 12.1. The molecule has 1 aromatic heterocycles. The first-order chi connectivity index (χ1) is 17.2. The molecule has 180 valence electrons. The molecule has 7 rings (SSSR count). The molecule has 0 aliphatic heterocycles. The Balaban J connectivity index is 1.41. The van der Waals surface area contributed by atoms with Gasteiger partial charge in [-0.25, -0.2) is 4.57 Å². The summed E-state index contributed by atoms with van der Waals surface area (Å²) in [6.07, 6.45) is 21.5. The van der Waals surface area contributed by atoms with Gasteiger partial charge in [-0.2, -0.15) is 0 Å². The van der Waals surface area contributed by atoms with Gasteiger partial charge in [-0.05, 0) is 108 Å². The summed E-state index contributed by atoms with van der Waals surface area (Å²) in [7, 11) is 2.25. The molecular weight excluding hydrogens is 422 g/mol. The monoisotopic (exact) mass is 462 g/mol. The van der Waals surface area contributed by atoms with Crippen molar-refractivity contribution in [1.82, 2.24) is 0 Å². The van der Waals surface area contributed by atoms with Gasteiger partial charge in [0, 0.05) is 6.07 Å². The highest BCUT2D eigenvalue weighted by Gasteiger charge is 2.32. The average molecular weight is 463 g/mol. The third-order valence-corrected chi connectivity index (χ3v) is 10.1. The van der Waals surface area contributed by atoms with E-state index in [1.165, 1.54) is 110 Å². The van der Waals surface area contributed by atoms with Crippen molar-refractivity contribution in [1.29, 1.82) is 0 Å². The number of benzene rings is 2. The highest BCUT2D eigenvalue weighted by molar-refractivity contribution is 6.11. The van der Waals surface area contributed by atoms with Crippen molar-refractivity contribution in [2.75, 3.05) is 0 Å². The quantitative estimate of drug-likeness (QED) is 0.267. The van der Waals surface area contributed by atoms with Crippen LogP contribution in [0.4, 0.5) is 0 Å². The Morgan fingerprint density at radius 3 is 1.97 bits per heavy atom. The summed E-state index contributed by atoms with van der Waals surface area (Å²) in [5.41, 5.74) is 12.3. The Bertz CT molecular complexity index is 1320. The van der Waals surface area contributed by atoms with Crippen molar-refractivity contribution in [3.05, 3.63) is 75.6 Å². The number of hydrogen-bond acceptors (Lipinski definition) is 0. The SMILES string of the molecule is Cc1c(C2=Cc3cc(C4CCCC4)cc4cc[n+](C)c2c34)cc(C2CCCC2)cc1C1CCCC1. The number of hydrogen-bond donors (Lipinski definition) is 0. The van der Waals surface area contributed by atoms with Gasteiger partial charge in [0.25, 0.3) is 0 Å². The van der Waals surface area contributed by atoms with Crippen LogP contribution in [0.15, 0.2) is 36.5 Å². The van der Waals surface area contributed by atoms with Gasteiger partial charge in [0.15, 0.2) is 6.20 Å². The number of nitrogens with zero attached hydrogens (tertiary/aromatic N) is 1. The Labute approximate surface area is 211 Å². The Morgan fingerprint density at radius 1 is 0.714 bits per heavy atom. The lowest BCUT2D eigenvalue weighted by molar-refractivity contribution is -0.672. The highest BCUT2D eigenvalue weighted by atomic mass is 14.9. The van der Waals surface area contributed by atoms with Gasteiger partial charge in [0.1, 0.15) is 7.05 Å². The van der Waals surface area contributed by atoms with Crippen LogP contribution in [0, 0.1) is 6.92 Å². The Kier molecular flexibility index (Phi) is 5.37. The number of aryl methyl sites for hydroxylation is 1. The second-order valence-electron chi connectivity index (χ2n) is 12.1. The molecule has 0 spiro atoms. The normalized spacial score (nSPS) is 21.0. The fourth-order valence-corrected chi connectivity index (χ4v) is 8.12. The summed E-state index contributed by atoms with van der Waals surface area (Å²) in [5, 5.41) is 2.91. The van der Waals surface area contributed by atoms with Crippen molar-refractivity contribution >= 4 is 22.4 Å². The van der Waals surface area contributed by atoms with Crippen molar-refractivity contribution in [2.45, 2.75) is 102 Å². The van der Waals surface area contributed by atoms with Gasteiger partial charge in [-0.15, -0.1) is 0 Å². The summed E-state index contributed by atoms with van der Waals surface area (Å²) < 4.78 is 2.39. The minimum Gasteiger partial charge on any atom is -0.200 e. The van der Waals surface area contributed by atoms with Crippen molar-refractivity contribution < 1.29 is 4.57 Å². The van der Waals surface area contributed by atoms with Gasteiger partial charge in [-0.1, -0.05) is 62.8 Å². The third kappa shape index (κ3) is 3.61. The van der Waals surface area contributed by atoms with Gasteiger partial charge in [0.2, 0.25) is 5.69 Å². The lowest BCUT2D eigenvalue weighted by atomic mass is 9.83. The van der Waals surface area contributed by atoms with Gasteiger partial charge in [0.05, 0.1) is 11.0 Å². The molecule has 4 aliphatic carbocycles. The zero-order valence-electron chi connectivity index (χ0n) is 21.7. The zero-order chi connectivity index (χ0) is 23.5. The molecule has 4 aliphatic rings. The van der Waals surface area contributed by atoms with Crippen molar-refractivity contribution in [3.8, 4) is 0 Å². The summed E-state index contributed by atoms with van der Waals surface area (Å²) in [5.74, 6) is 2.28. The van der Waals surface area contributed by atoms with Gasteiger partial charge in [-0.3, -0.25) is 0 Å². The lowest BCUT2D eigenvalue weighted by Gasteiger charge is -2.21. The Morgan fingerprint density at radius 2 is 1.31 bits per heavy atom. The largest absolute Gasteiger partial charge is 0.221 e. The van der Waals surface area contributed by atoms with E-state index in [2.05, 4.69) is 61.1 Å². The molecule has 0 unspecified atom stereocenters. The maximum atomic E-state index is 2.65. The van der Waals surface area contributed by atoms with Crippen LogP contribution >= 0.6 is 0 Å². The van der Waals surface area contributed by atoms with E-state index in [-0.39, 0.29) is 0 Å². The third-order valence-electron chi connectivity index (χ3n) is 10.1. The van der Waals surface area contributed by atoms with Crippen molar-refractivity contribution in [3.63, 3.8) is 0 Å². The summed E-state index contributed by atoms with van der Waals surface area (Å²) >= 11 is 0. The molecule has 1 heterocycles. The minimum atomic E-state index is 0.756. The molecule has 0 radical (unpaired) electrons. The fourth-order valence-electron chi connectivity index (χ4n) is 8.12. The number of pyridine rings is 1. The van der Waals surface area contributed by atoms with E-state index in [1.54, 1.807) is 22.3 Å². The molecule has 3 fully saturated rings. The molecule has 1 heteroatoms. The van der Waals surface area contributed by atoms with Gasteiger partial charge >= 0.3 is 0 Å². The van der Waals surface area contributed by atoms with E-state index < -0.39 is 0 Å². The molecule has 35 heavy (non-hydrogen) atoms. The van der Waals surface area contributed by atoms with Crippen LogP contribution < -0.4 is 4.57 Å². The molecule has 3 aromatic rings. The van der Waals surface area contributed by atoms with Gasteiger partial charge < -0.3 is 0 Å². The van der Waals surface area contributed by atoms with Crippen molar-refractivity contribution in [2.24, 2.45) is 7.05 Å². The Hall–Kier alpha value is -2.41.